The van der Waals surface area contributed by atoms with Gasteiger partial charge in [-0.15, -0.1) is 0 Å². The van der Waals surface area contributed by atoms with E-state index in [0.29, 0.717) is 12.0 Å². The van der Waals surface area contributed by atoms with Gasteiger partial charge in [0.05, 0.1) is 6.54 Å². The summed E-state index contributed by atoms with van der Waals surface area (Å²) in [5.41, 5.74) is 5.35. The Morgan fingerprint density at radius 2 is 2.06 bits per heavy atom. The van der Waals surface area contributed by atoms with Gasteiger partial charge in [0.15, 0.2) is 0 Å². The monoisotopic (exact) mass is 239 g/mol. The number of carbonyl (C=O) groups is 2. The number of carbonyl (C=O) groups excluding carboxylic acids is 2. The smallest absolute Gasteiger partial charge is 0.236 e. The summed E-state index contributed by atoms with van der Waals surface area (Å²) in [7, 11) is 0. The lowest BCUT2D eigenvalue weighted by Crippen LogP contribution is -2.38. The Labute approximate surface area is 102 Å². The standard InChI is InChI=1S/C12H21N3O2/c1-9(16)15(11-2-3-11)8-10-4-5-14(7-10)12(17)6-13/h10-11H,2-8,13H2,1H3. The van der Waals surface area contributed by atoms with Crippen LogP contribution in [-0.2, 0) is 9.59 Å². The predicted molar refractivity (Wildman–Crippen MR) is 64.2 cm³/mol. The Balaban J connectivity index is 1.84. The largest absolute Gasteiger partial charge is 0.341 e. The van der Waals surface area contributed by atoms with E-state index in [1.54, 1.807) is 6.92 Å². The highest BCUT2D eigenvalue weighted by Gasteiger charge is 2.34. The minimum Gasteiger partial charge on any atom is -0.341 e. The van der Waals surface area contributed by atoms with Crippen molar-refractivity contribution in [2.75, 3.05) is 26.2 Å². The summed E-state index contributed by atoms with van der Waals surface area (Å²) < 4.78 is 0. The highest BCUT2D eigenvalue weighted by Crippen LogP contribution is 2.29. The highest BCUT2D eigenvalue weighted by molar-refractivity contribution is 5.78. The van der Waals surface area contributed by atoms with Crippen molar-refractivity contribution in [3.8, 4) is 0 Å². The van der Waals surface area contributed by atoms with Crippen molar-refractivity contribution in [2.24, 2.45) is 11.7 Å². The van der Waals surface area contributed by atoms with E-state index in [1.165, 1.54) is 0 Å². The van der Waals surface area contributed by atoms with Crippen LogP contribution in [-0.4, -0.2) is 53.8 Å². The fraction of sp³-hybridized carbons (Fsp3) is 0.833. The van der Waals surface area contributed by atoms with Gasteiger partial charge in [-0.05, 0) is 25.2 Å². The molecule has 1 saturated carbocycles. The lowest BCUT2D eigenvalue weighted by atomic mass is 10.1. The summed E-state index contributed by atoms with van der Waals surface area (Å²) in [5.74, 6) is 0.611. The molecule has 2 rings (SSSR count). The zero-order valence-corrected chi connectivity index (χ0v) is 10.4. The average molecular weight is 239 g/mol. The zero-order valence-electron chi connectivity index (χ0n) is 10.4. The molecule has 2 fully saturated rings. The maximum Gasteiger partial charge on any atom is 0.236 e. The van der Waals surface area contributed by atoms with Crippen LogP contribution in [0.15, 0.2) is 0 Å². The van der Waals surface area contributed by atoms with E-state index < -0.39 is 0 Å². The molecule has 2 N–H and O–H groups in total. The molecule has 1 unspecified atom stereocenters. The second-order valence-electron chi connectivity index (χ2n) is 5.10. The van der Waals surface area contributed by atoms with Crippen molar-refractivity contribution in [1.82, 2.24) is 9.80 Å². The molecule has 2 amide bonds. The maximum atomic E-state index is 11.5. The van der Waals surface area contributed by atoms with E-state index in [1.807, 2.05) is 9.80 Å². The Morgan fingerprint density at radius 1 is 1.35 bits per heavy atom. The van der Waals surface area contributed by atoms with Crippen LogP contribution in [0.1, 0.15) is 26.2 Å². The summed E-state index contributed by atoms with van der Waals surface area (Å²) in [5, 5.41) is 0. The molecule has 17 heavy (non-hydrogen) atoms. The molecule has 0 radical (unpaired) electrons. The van der Waals surface area contributed by atoms with Gasteiger partial charge in [-0.2, -0.15) is 0 Å². The van der Waals surface area contributed by atoms with Crippen molar-refractivity contribution in [3.63, 3.8) is 0 Å². The van der Waals surface area contributed by atoms with E-state index in [0.717, 1.165) is 38.9 Å². The third kappa shape index (κ3) is 2.97. The van der Waals surface area contributed by atoms with Crippen LogP contribution in [0.25, 0.3) is 0 Å². The number of hydrogen-bond donors (Lipinski definition) is 1. The van der Waals surface area contributed by atoms with Gasteiger partial charge in [0.25, 0.3) is 0 Å². The summed E-state index contributed by atoms with van der Waals surface area (Å²) in [4.78, 5) is 26.7. The van der Waals surface area contributed by atoms with Crippen LogP contribution in [0.4, 0.5) is 0 Å². The normalized spacial score (nSPS) is 23.9. The second-order valence-corrected chi connectivity index (χ2v) is 5.10. The number of hydrogen-bond acceptors (Lipinski definition) is 3. The third-order valence-corrected chi connectivity index (χ3v) is 3.66. The number of likely N-dealkylation sites (tertiary alicyclic amines) is 1. The van der Waals surface area contributed by atoms with Gasteiger partial charge in [-0.1, -0.05) is 0 Å². The van der Waals surface area contributed by atoms with Gasteiger partial charge in [-0.3, -0.25) is 9.59 Å². The molecule has 0 aromatic heterocycles. The third-order valence-electron chi connectivity index (χ3n) is 3.66. The van der Waals surface area contributed by atoms with Gasteiger partial charge in [-0.25, -0.2) is 0 Å². The number of amides is 2. The summed E-state index contributed by atoms with van der Waals surface area (Å²) in [6.07, 6.45) is 3.26. The van der Waals surface area contributed by atoms with Crippen LogP contribution in [0.3, 0.4) is 0 Å². The molecule has 0 aromatic rings. The van der Waals surface area contributed by atoms with Gasteiger partial charge < -0.3 is 15.5 Å². The first-order valence-electron chi connectivity index (χ1n) is 6.37. The van der Waals surface area contributed by atoms with Crippen molar-refractivity contribution in [2.45, 2.75) is 32.2 Å². The van der Waals surface area contributed by atoms with Crippen LogP contribution >= 0.6 is 0 Å². The molecule has 96 valence electrons. The molecular formula is C12H21N3O2. The number of nitrogens with zero attached hydrogens (tertiary/aromatic N) is 2. The first-order valence-corrected chi connectivity index (χ1v) is 6.37. The van der Waals surface area contributed by atoms with E-state index in [2.05, 4.69) is 0 Å². The molecule has 1 saturated heterocycles. The van der Waals surface area contributed by atoms with Crippen LogP contribution in [0.2, 0.25) is 0 Å². The molecule has 0 spiro atoms. The van der Waals surface area contributed by atoms with Crippen molar-refractivity contribution in [3.05, 3.63) is 0 Å². The molecule has 5 nitrogen and oxygen atoms in total. The maximum absolute atomic E-state index is 11.5. The fourth-order valence-electron chi connectivity index (χ4n) is 2.54. The fourth-order valence-corrected chi connectivity index (χ4v) is 2.54. The minimum atomic E-state index is 0.0216. The number of rotatable bonds is 4. The summed E-state index contributed by atoms with van der Waals surface area (Å²) >= 11 is 0. The van der Waals surface area contributed by atoms with Crippen molar-refractivity contribution < 1.29 is 9.59 Å². The van der Waals surface area contributed by atoms with E-state index in [-0.39, 0.29) is 18.4 Å². The zero-order chi connectivity index (χ0) is 12.4. The predicted octanol–water partition coefficient (Wildman–Crippen LogP) is -0.195. The van der Waals surface area contributed by atoms with E-state index in [9.17, 15) is 9.59 Å². The van der Waals surface area contributed by atoms with Crippen molar-refractivity contribution in [1.29, 1.82) is 0 Å². The SMILES string of the molecule is CC(=O)N(CC1CCN(C(=O)CN)C1)C1CC1. The van der Waals surface area contributed by atoms with E-state index >= 15 is 0 Å². The van der Waals surface area contributed by atoms with Crippen molar-refractivity contribution >= 4 is 11.8 Å². The lowest BCUT2D eigenvalue weighted by Gasteiger charge is -2.24. The minimum absolute atomic E-state index is 0.0216. The molecule has 5 heteroatoms. The van der Waals surface area contributed by atoms with Gasteiger partial charge in [0.1, 0.15) is 0 Å². The Hall–Kier alpha value is -1.10. The molecule has 1 heterocycles. The van der Waals surface area contributed by atoms with Gasteiger partial charge in [0, 0.05) is 32.6 Å². The molecule has 2 aliphatic rings. The quantitative estimate of drug-likeness (QED) is 0.739. The molecule has 1 aliphatic heterocycles. The topological polar surface area (TPSA) is 66.6 Å². The molecule has 0 aromatic carbocycles. The summed E-state index contributed by atoms with van der Waals surface area (Å²) in [6.45, 7) is 4.07. The van der Waals surface area contributed by atoms with E-state index in [4.69, 9.17) is 5.73 Å². The molecule has 0 bridgehead atoms. The highest BCUT2D eigenvalue weighted by atomic mass is 16.2. The first-order chi connectivity index (χ1) is 8.11. The lowest BCUT2D eigenvalue weighted by molar-refractivity contribution is -0.130. The van der Waals surface area contributed by atoms with Crippen LogP contribution < -0.4 is 5.73 Å². The molecular weight excluding hydrogens is 218 g/mol. The Kier molecular flexibility index (Phi) is 3.66. The Bertz CT molecular complexity index is 315. The molecule has 1 atom stereocenters. The van der Waals surface area contributed by atoms with Gasteiger partial charge >= 0.3 is 0 Å². The van der Waals surface area contributed by atoms with Crippen LogP contribution in [0.5, 0.6) is 0 Å². The molecule has 1 aliphatic carbocycles. The van der Waals surface area contributed by atoms with Crippen LogP contribution in [0, 0.1) is 5.92 Å². The first kappa shape index (κ1) is 12.4. The Morgan fingerprint density at radius 3 is 2.59 bits per heavy atom. The second kappa shape index (κ2) is 5.04. The summed E-state index contributed by atoms with van der Waals surface area (Å²) in [6, 6.07) is 0.465. The number of nitrogens with two attached hydrogens (primary N) is 1. The average Bonchev–Trinajstić information content (AvgIpc) is 3.03. The van der Waals surface area contributed by atoms with Gasteiger partial charge in [0.2, 0.25) is 11.8 Å².